The summed E-state index contributed by atoms with van der Waals surface area (Å²) in [5.74, 6) is 1.39. The summed E-state index contributed by atoms with van der Waals surface area (Å²) in [6.07, 6.45) is 0. The summed E-state index contributed by atoms with van der Waals surface area (Å²) in [5.41, 5.74) is 1.17. The molecule has 2 heterocycles. The molecule has 1 N–H and O–H groups in total. The van der Waals surface area contributed by atoms with Gasteiger partial charge in [-0.1, -0.05) is 26.0 Å². The van der Waals surface area contributed by atoms with Gasteiger partial charge in [0.25, 0.3) is 0 Å². The minimum atomic E-state index is -3.32. The molecule has 2 aliphatic heterocycles. The Labute approximate surface area is 121 Å². The Morgan fingerprint density at radius 2 is 1.65 bits per heavy atom. The van der Waals surface area contributed by atoms with E-state index in [9.17, 15) is 8.42 Å². The molecule has 0 unspecified atom stereocenters. The largest absolute Gasteiger partial charge is 0.316 e. The Morgan fingerprint density at radius 3 is 2.15 bits per heavy atom. The van der Waals surface area contributed by atoms with Crippen LogP contribution in [0.2, 0.25) is 0 Å². The van der Waals surface area contributed by atoms with Gasteiger partial charge in [0.05, 0.1) is 4.90 Å². The Hall–Kier alpha value is -0.910. The predicted molar refractivity (Wildman–Crippen MR) is 79.1 cm³/mol. The first-order valence-electron chi connectivity index (χ1n) is 7.29. The van der Waals surface area contributed by atoms with E-state index in [1.807, 2.05) is 12.1 Å². The van der Waals surface area contributed by atoms with Crippen LogP contribution in [0.15, 0.2) is 29.2 Å². The van der Waals surface area contributed by atoms with E-state index in [4.69, 9.17) is 0 Å². The first-order chi connectivity index (χ1) is 9.48. The van der Waals surface area contributed by atoms with E-state index in [-0.39, 0.29) is 0 Å². The number of nitrogens with one attached hydrogen (secondary N) is 1. The summed E-state index contributed by atoms with van der Waals surface area (Å²) >= 11 is 0. The SMILES string of the molecule is CC(C)c1ccc(S(=O)(=O)N2C[C@H]3CNC[C@H]3C2)cc1. The molecule has 1 aromatic carbocycles. The van der Waals surface area contributed by atoms with E-state index >= 15 is 0 Å². The van der Waals surface area contributed by atoms with Crippen LogP contribution in [0.3, 0.4) is 0 Å². The standard InChI is InChI=1S/C15H22N2O2S/c1-11(2)12-3-5-15(6-4-12)20(18,19)17-9-13-7-16-8-14(13)10-17/h3-6,11,13-14,16H,7-10H2,1-2H3/t13-,14+. The fraction of sp³-hybridized carbons (Fsp3) is 0.600. The highest BCUT2D eigenvalue weighted by Crippen LogP contribution is 2.31. The van der Waals surface area contributed by atoms with Crippen molar-refractivity contribution in [2.45, 2.75) is 24.7 Å². The van der Waals surface area contributed by atoms with Crippen molar-refractivity contribution in [1.82, 2.24) is 9.62 Å². The van der Waals surface area contributed by atoms with Crippen LogP contribution in [-0.4, -0.2) is 38.9 Å². The lowest BCUT2D eigenvalue weighted by Crippen LogP contribution is -2.31. The molecule has 2 aliphatic rings. The van der Waals surface area contributed by atoms with Crippen LogP contribution in [0.4, 0.5) is 0 Å². The molecule has 0 bridgehead atoms. The molecule has 0 saturated carbocycles. The Bertz CT molecular complexity index is 568. The maximum Gasteiger partial charge on any atom is 0.243 e. The zero-order valence-electron chi connectivity index (χ0n) is 12.0. The average Bonchev–Trinajstić information content (AvgIpc) is 2.99. The van der Waals surface area contributed by atoms with Crippen molar-refractivity contribution in [3.63, 3.8) is 0 Å². The van der Waals surface area contributed by atoms with Gasteiger partial charge in [0.2, 0.25) is 10.0 Å². The highest BCUT2D eigenvalue weighted by atomic mass is 32.2. The van der Waals surface area contributed by atoms with E-state index in [1.54, 1.807) is 16.4 Å². The zero-order valence-corrected chi connectivity index (χ0v) is 12.9. The third kappa shape index (κ3) is 2.38. The Kier molecular flexibility index (Phi) is 3.60. The number of nitrogens with zero attached hydrogens (tertiary/aromatic N) is 1. The van der Waals surface area contributed by atoms with Crippen molar-refractivity contribution in [2.24, 2.45) is 11.8 Å². The number of rotatable bonds is 3. The average molecular weight is 294 g/mol. The number of hydrogen-bond acceptors (Lipinski definition) is 3. The van der Waals surface area contributed by atoms with E-state index in [0.717, 1.165) is 13.1 Å². The van der Waals surface area contributed by atoms with Gasteiger partial charge < -0.3 is 5.32 Å². The van der Waals surface area contributed by atoms with Gasteiger partial charge in [-0.05, 0) is 48.5 Å². The molecule has 110 valence electrons. The second-order valence-electron chi connectivity index (χ2n) is 6.22. The van der Waals surface area contributed by atoms with Crippen LogP contribution in [0, 0.1) is 11.8 Å². The molecule has 0 aromatic heterocycles. The number of hydrogen-bond donors (Lipinski definition) is 1. The van der Waals surface area contributed by atoms with Gasteiger partial charge in [-0.3, -0.25) is 0 Å². The van der Waals surface area contributed by atoms with Gasteiger partial charge in [-0.2, -0.15) is 4.31 Å². The lowest BCUT2D eigenvalue weighted by molar-refractivity contribution is 0.448. The van der Waals surface area contributed by atoms with Gasteiger partial charge in [0.15, 0.2) is 0 Å². The van der Waals surface area contributed by atoms with Crippen molar-refractivity contribution in [2.75, 3.05) is 26.2 Å². The first-order valence-corrected chi connectivity index (χ1v) is 8.73. The lowest BCUT2D eigenvalue weighted by atomic mass is 10.0. The number of benzene rings is 1. The minimum absolute atomic E-state index is 0.420. The zero-order chi connectivity index (χ0) is 14.3. The van der Waals surface area contributed by atoms with Crippen LogP contribution in [-0.2, 0) is 10.0 Å². The van der Waals surface area contributed by atoms with Gasteiger partial charge in [-0.25, -0.2) is 8.42 Å². The molecule has 5 heteroatoms. The van der Waals surface area contributed by atoms with Gasteiger partial charge in [-0.15, -0.1) is 0 Å². The Morgan fingerprint density at radius 1 is 1.10 bits per heavy atom. The molecule has 2 atom stereocenters. The molecular weight excluding hydrogens is 272 g/mol. The van der Waals surface area contributed by atoms with Crippen LogP contribution >= 0.6 is 0 Å². The van der Waals surface area contributed by atoms with Crippen molar-refractivity contribution >= 4 is 10.0 Å². The van der Waals surface area contributed by atoms with Crippen LogP contribution < -0.4 is 5.32 Å². The van der Waals surface area contributed by atoms with Crippen LogP contribution in [0.5, 0.6) is 0 Å². The van der Waals surface area contributed by atoms with Crippen molar-refractivity contribution in [1.29, 1.82) is 0 Å². The van der Waals surface area contributed by atoms with E-state index < -0.39 is 10.0 Å². The maximum atomic E-state index is 12.7. The fourth-order valence-electron chi connectivity index (χ4n) is 3.18. The third-order valence-corrected chi connectivity index (χ3v) is 6.39. The molecule has 20 heavy (non-hydrogen) atoms. The predicted octanol–water partition coefficient (Wildman–Crippen LogP) is 1.65. The minimum Gasteiger partial charge on any atom is -0.316 e. The van der Waals surface area contributed by atoms with Gasteiger partial charge >= 0.3 is 0 Å². The second kappa shape index (κ2) is 5.13. The second-order valence-corrected chi connectivity index (χ2v) is 8.16. The van der Waals surface area contributed by atoms with Crippen LogP contribution in [0.25, 0.3) is 0 Å². The van der Waals surface area contributed by atoms with Gasteiger partial charge in [0, 0.05) is 13.1 Å². The number of sulfonamides is 1. The van der Waals surface area contributed by atoms with E-state index in [0.29, 0.717) is 35.7 Å². The molecule has 3 rings (SSSR count). The lowest BCUT2D eigenvalue weighted by Gasteiger charge is -2.18. The van der Waals surface area contributed by atoms with E-state index in [2.05, 4.69) is 19.2 Å². The topological polar surface area (TPSA) is 49.4 Å². The Balaban J connectivity index is 1.81. The first kappa shape index (κ1) is 14.0. The molecule has 0 amide bonds. The van der Waals surface area contributed by atoms with Crippen LogP contribution in [0.1, 0.15) is 25.3 Å². The molecule has 1 aromatic rings. The summed E-state index contributed by atoms with van der Waals surface area (Å²) in [6.45, 7) is 7.43. The summed E-state index contributed by atoms with van der Waals surface area (Å²) in [5, 5.41) is 3.33. The maximum absolute atomic E-state index is 12.7. The summed E-state index contributed by atoms with van der Waals surface area (Å²) in [4.78, 5) is 0.426. The molecule has 0 radical (unpaired) electrons. The third-order valence-electron chi connectivity index (χ3n) is 4.54. The van der Waals surface area contributed by atoms with Crippen molar-refractivity contribution in [3.05, 3.63) is 29.8 Å². The summed E-state index contributed by atoms with van der Waals surface area (Å²) in [7, 11) is -3.32. The molecule has 2 fully saturated rings. The molecule has 0 aliphatic carbocycles. The highest BCUT2D eigenvalue weighted by Gasteiger charge is 2.41. The summed E-state index contributed by atoms with van der Waals surface area (Å²) < 4.78 is 27.0. The van der Waals surface area contributed by atoms with E-state index in [1.165, 1.54) is 5.56 Å². The quantitative estimate of drug-likeness (QED) is 0.922. The summed E-state index contributed by atoms with van der Waals surface area (Å²) in [6, 6.07) is 7.35. The molecule has 0 spiro atoms. The normalized spacial score (nSPS) is 27.1. The fourth-order valence-corrected chi connectivity index (χ4v) is 4.74. The monoisotopic (exact) mass is 294 g/mol. The van der Waals surface area contributed by atoms with Crippen molar-refractivity contribution in [3.8, 4) is 0 Å². The molecule has 2 saturated heterocycles. The molecule has 4 nitrogen and oxygen atoms in total. The van der Waals surface area contributed by atoms with Gasteiger partial charge in [0.1, 0.15) is 0 Å². The van der Waals surface area contributed by atoms with Crippen molar-refractivity contribution < 1.29 is 8.42 Å². The number of fused-ring (bicyclic) bond motifs is 1. The molecular formula is C15H22N2O2S. The highest BCUT2D eigenvalue weighted by molar-refractivity contribution is 7.89. The smallest absolute Gasteiger partial charge is 0.243 e.